The first-order valence-electron chi connectivity index (χ1n) is 6.83. The zero-order chi connectivity index (χ0) is 14.3. The summed E-state index contributed by atoms with van der Waals surface area (Å²) in [5.74, 6) is 0.521. The summed E-state index contributed by atoms with van der Waals surface area (Å²) in [6, 6.07) is 0.384. The van der Waals surface area contributed by atoms with Crippen LogP contribution in [0, 0.1) is 0 Å². The second kappa shape index (κ2) is 7.75. The lowest BCUT2D eigenvalue weighted by atomic mass is 9.90. The van der Waals surface area contributed by atoms with Gasteiger partial charge in [-0.25, -0.2) is 0 Å². The van der Waals surface area contributed by atoms with E-state index in [1.54, 1.807) is 18.8 Å². The maximum atomic E-state index is 11.5. The summed E-state index contributed by atoms with van der Waals surface area (Å²) in [6.07, 6.45) is 4.19. The first-order valence-corrected chi connectivity index (χ1v) is 7.99. The van der Waals surface area contributed by atoms with E-state index in [0.29, 0.717) is 24.6 Å². The fourth-order valence-corrected chi connectivity index (χ4v) is 2.82. The van der Waals surface area contributed by atoms with Crippen LogP contribution in [-0.4, -0.2) is 47.1 Å². The molecule has 1 aliphatic carbocycles. The number of hydrogen-bond donors (Lipinski definition) is 3. The molecule has 6 heteroatoms. The molecule has 0 radical (unpaired) electrons. The molecule has 1 fully saturated rings. The molecule has 0 spiro atoms. The molecule has 0 saturated heterocycles. The molecule has 1 atom stereocenters. The van der Waals surface area contributed by atoms with Crippen LogP contribution < -0.4 is 10.6 Å². The normalized spacial score (nSPS) is 17.8. The molecule has 0 aliphatic heterocycles. The number of nitrogens with one attached hydrogen (secondary N) is 2. The fraction of sp³-hybridized carbons (Fsp3) is 0.846. The fourth-order valence-electron chi connectivity index (χ4n) is 2.00. The van der Waals surface area contributed by atoms with Gasteiger partial charge in [-0.05, 0) is 37.9 Å². The average molecular weight is 288 g/mol. The van der Waals surface area contributed by atoms with Crippen LogP contribution in [0.1, 0.15) is 39.0 Å². The molecular weight excluding hydrogens is 264 g/mol. The summed E-state index contributed by atoms with van der Waals surface area (Å²) < 4.78 is 0. The summed E-state index contributed by atoms with van der Waals surface area (Å²) in [5, 5.41) is 15.3. The molecule has 0 heterocycles. The summed E-state index contributed by atoms with van der Waals surface area (Å²) >= 11 is 1.55. The number of carbonyl (C=O) groups excluding carboxylic acids is 1. The van der Waals surface area contributed by atoms with Crippen LogP contribution in [0.5, 0.6) is 0 Å². The van der Waals surface area contributed by atoms with Gasteiger partial charge in [0.1, 0.15) is 5.54 Å². The number of carbonyl (C=O) groups is 2. The standard InChI is InChI=1S/C13H24N2O3S/c1-3-13(12(17)18,15-10-5-6-10)7-4-8-19-9-11(16)14-2/h10,15H,3-9H2,1-2H3,(H,14,16)(H,17,18). The van der Waals surface area contributed by atoms with Crippen LogP contribution in [-0.2, 0) is 9.59 Å². The van der Waals surface area contributed by atoms with Crippen molar-refractivity contribution >= 4 is 23.6 Å². The first-order chi connectivity index (χ1) is 9.04. The van der Waals surface area contributed by atoms with Crippen LogP contribution in [0.25, 0.3) is 0 Å². The maximum absolute atomic E-state index is 11.5. The quantitative estimate of drug-likeness (QED) is 0.527. The van der Waals surface area contributed by atoms with Crippen LogP contribution >= 0.6 is 11.8 Å². The molecule has 0 aromatic rings. The Hall–Kier alpha value is -0.750. The predicted octanol–water partition coefficient (Wildman–Crippen LogP) is 1.23. The number of thioether (sulfide) groups is 1. The topological polar surface area (TPSA) is 78.4 Å². The second-order valence-electron chi connectivity index (χ2n) is 4.99. The highest BCUT2D eigenvalue weighted by molar-refractivity contribution is 7.99. The molecule has 0 bridgehead atoms. The summed E-state index contributed by atoms with van der Waals surface area (Å²) in [4.78, 5) is 22.6. The van der Waals surface area contributed by atoms with Crippen molar-refractivity contribution in [1.29, 1.82) is 0 Å². The monoisotopic (exact) mass is 288 g/mol. The zero-order valence-electron chi connectivity index (χ0n) is 11.7. The van der Waals surface area contributed by atoms with E-state index in [-0.39, 0.29) is 5.91 Å². The number of aliphatic carboxylic acids is 1. The van der Waals surface area contributed by atoms with Gasteiger partial charge in [-0.2, -0.15) is 11.8 Å². The lowest BCUT2D eigenvalue weighted by Gasteiger charge is -2.29. The molecule has 1 saturated carbocycles. The van der Waals surface area contributed by atoms with Gasteiger partial charge in [0.25, 0.3) is 0 Å². The van der Waals surface area contributed by atoms with Gasteiger partial charge in [0, 0.05) is 13.1 Å². The molecular formula is C13H24N2O3S. The van der Waals surface area contributed by atoms with Crippen molar-refractivity contribution in [3.63, 3.8) is 0 Å². The molecule has 1 amide bonds. The Morgan fingerprint density at radius 2 is 2.11 bits per heavy atom. The number of hydrogen-bond acceptors (Lipinski definition) is 4. The van der Waals surface area contributed by atoms with E-state index in [0.717, 1.165) is 25.0 Å². The van der Waals surface area contributed by atoms with Gasteiger partial charge < -0.3 is 10.4 Å². The molecule has 0 aromatic carbocycles. The SMILES string of the molecule is CCC(CCCSCC(=O)NC)(NC1CC1)C(=O)O. The van der Waals surface area contributed by atoms with Gasteiger partial charge in [0.05, 0.1) is 5.75 Å². The maximum Gasteiger partial charge on any atom is 0.323 e. The second-order valence-corrected chi connectivity index (χ2v) is 6.09. The molecule has 19 heavy (non-hydrogen) atoms. The van der Waals surface area contributed by atoms with E-state index >= 15 is 0 Å². The van der Waals surface area contributed by atoms with Gasteiger partial charge >= 0.3 is 5.97 Å². The number of carboxylic acids is 1. The van der Waals surface area contributed by atoms with Gasteiger partial charge in [0.15, 0.2) is 0 Å². The van der Waals surface area contributed by atoms with Gasteiger partial charge in [-0.3, -0.25) is 14.9 Å². The van der Waals surface area contributed by atoms with E-state index in [9.17, 15) is 14.7 Å². The molecule has 3 N–H and O–H groups in total. The molecule has 1 rings (SSSR count). The predicted molar refractivity (Wildman–Crippen MR) is 77.4 cm³/mol. The highest BCUT2D eigenvalue weighted by atomic mass is 32.2. The lowest BCUT2D eigenvalue weighted by Crippen LogP contribution is -2.52. The van der Waals surface area contributed by atoms with E-state index in [1.165, 1.54) is 0 Å². The Morgan fingerprint density at radius 1 is 1.42 bits per heavy atom. The van der Waals surface area contributed by atoms with Crippen LogP contribution in [0.4, 0.5) is 0 Å². The van der Waals surface area contributed by atoms with Crippen molar-refractivity contribution in [2.45, 2.75) is 50.6 Å². The molecule has 1 aliphatic rings. The van der Waals surface area contributed by atoms with Crippen molar-refractivity contribution < 1.29 is 14.7 Å². The van der Waals surface area contributed by atoms with Crippen molar-refractivity contribution in [2.75, 3.05) is 18.6 Å². The largest absolute Gasteiger partial charge is 0.480 e. The first kappa shape index (κ1) is 16.3. The Kier molecular flexibility index (Phi) is 6.65. The van der Waals surface area contributed by atoms with E-state index in [2.05, 4.69) is 10.6 Å². The highest BCUT2D eigenvalue weighted by Gasteiger charge is 2.40. The van der Waals surface area contributed by atoms with Gasteiger partial charge in [-0.15, -0.1) is 0 Å². The Bertz CT molecular complexity index is 321. The minimum atomic E-state index is -0.783. The summed E-state index contributed by atoms with van der Waals surface area (Å²) in [6.45, 7) is 1.92. The Labute approximate surface area is 118 Å². The lowest BCUT2D eigenvalue weighted by molar-refractivity contribution is -0.145. The zero-order valence-corrected chi connectivity index (χ0v) is 12.5. The van der Waals surface area contributed by atoms with Gasteiger partial charge in [0.2, 0.25) is 5.91 Å². The van der Waals surface area contributed by atoms with E-state index < -0.39 is 11.5 Å². The number of amides is 1. The molecule has 1 unspecified atom stereocenters. The number of rotatable bonds is 10. The van der Waals surface area contributed by atoms with Crippen molar-refractivity contribution in [1.82, 2.24) is 10.6 Å². The minimum Gasteiger partial charge on any atom is -0.480 e. The van der Waals surface area contributed by atoms with Crippen molar-refractivity contribution in [3.8, 4) is 0 Å². The van der Waals surface area contributed by atoms with E-state index in [1.807, 2.05) is 6.92 Å². The average Bonchev–Trinajstić information content (AvgIpc) is 3.20. The Balaban J connectivity index is 2.31. The third kappa shape index (κ3) is 5.40. The third-order valence-corrected chi connectivity index (χ3v) is 4.52. The highest BCUT2D eigenvalue weighted by Crippen LogP contribution is 2.27. The molecule has 5 nitrogen and oxygen atoms in total. The number of carboxylic acid groups (broad SMARTS) is 1. The molecule has 0 aromatic heterocycles. The summed E-state index contributed by atoms with van der Waals surface area (Å²) in [5.41, 5.74) is -0.783. The minimum absolute atomic E-state index is 0.0149. The van der Waals surface area contributed by atoms with Crippen LogP contribution in [0.2, 0.25) is 0 Å². The van der Waals surface area contributed by atoms with Crippen molar-refractivity contribution in [3.05, 3.63) is 0 Å². The Morgan fingerprint density at radius 3 is 2.58 bits per heavy atom. The third-order valence-electron chi connectivity index (χ3n) is 3.47. The van der Waals surface area contributed by atoms with Crippen LogP contribution in [0.15, 0.2) is 0 Å². The van der Waals surface area contributed by atoms with Gasteiger partial charge in [-0.1, -0.05) is 6.92 Å². The smallest absolute Gasteiger partial charge is 0.323 e. The van der Waals surface area contributed by atoms with Crippen molar-refractivity contribution in [2.24, 2.45) is 0 Å². The van der Waals surface area contributed by atoms with Crippen LogP contribution in [0.3, 0.4) is 0 Å². The molecule has 110 valence electrons. The summed E-state index contributed by atoms with van der Waals surface area (Å²) in [7, 11) is 1.62. The van der Waals surface area contributed by atoms with E-state index in [4.69, 9.17) is 0 Å².